The summed E-state index contributed by atoms with van der Waals surface area (Å²) in [5.41, 5.74) is 0.576. The summed E-state index contributed by atoms with van der Waals surface area (Å²) in [6.07, 6.45) is 1.14. The summed E-state index contributed by atoms with van der Waals surface area (Å²) in [4.78, 5) is 0. The number of benzene rings is 2. The van der Waals surface area contributed by atoms with Gasteiger partial charge in [-0.25, -0.2) is 0 Å². The molecule has 1 aliphatic rings. The van der Waals surface area contributed by atoms with Gasteiger partial charge in [0.15, 0.2) is 11.0 Å². The molecule has 1 heterocycles. The molecule has 0 N–H and O–H groups in total. The normalized spacial score (nSPS) is 15.2. The molecule has 164 valence electrons. The molecule has 31 heavy (non-hydrogen) atoms. The summed E-state index contributed by atoms with van der Waals surface area (Å²) in [5.74, 6) is 1.69. The molecule has 4 rings (SSSR count). The number of rotatable bonds is 6. The van der Waals surface area contributed by atoms with Crippen molar-refractivity contribution in [1.82, 2.24) is 14.8 Å². The standard InChI is InChI=1S/C23H24F3N3OS/c1-30-19-13-11-16(12-14-19)21-27-28-22(29(21)18-8-3-2-4-9-18)31-15-17-7-5-6-10-20(17)23(24,25)26/h5-7,10-14,18H,2-4,8-9,15H2,1H3. The first-order valence-electron chi connectivity index (χ1n) is 10.3. The second-order valence-corrected chi connectivity index (χ2v) is 8.58. The van der Waals surface area contributed by atoms with E-state index < -0.39 is 11.7 Å². The molecule has 2 aromatic carbocycles. The molecule has 0 saturated heterocycles. The minimum Gasteiger partial charge on any atom is -0.497 e. The summed E-state index contributed by atoms with van der Waals surface area (Å²) in [6, 6.07) is 13.6. The third-order valence-corrected chi connectivity index (χ3v) is 6.62. The number of hydrogen-bond donors (Lipinski definition) is 0. The van der Waals surface area contributed by atoms with Crippen molar-refractivity contribution < 1.29 is 17.9 Å². The number of nitrogens with zero attached hydrogens (tertiary/aromatic N) is 3. The molecule has 0 unspecified atom stereocenters. The Labute approximate surface area is 183 Å². The largest absolute Gasteiger partial charge is 0.497 e. The van der Waals surface area contributed by atoms with E-state index in [0.29, 0.717) is 5.16 Å². The van der Waals surface area contributed by atoms with Crippen LogP contribution in [-0.4, -0.2) is 21.9 Å². The maximum atomic E-state index is 13.4. The van der Waals surface area contributed by atoms with Crippen molar-refractivity contribution in [2.24, 2.45) is 0 Å². The number of thioether (sulfide) groups is 1. The van der Waals surface area contributed by atoms with E-state index in [1.165, 1.54) is 30.3 Å². The monoisotopic (exact) mass is 447 g/mol. The highest BCUT2D eigenvalue weighted by Gasteiger charge is 2.33. The molecule has 1 aliphatic carbocycles. The average Bonchev–Trinajstić information content (AvgIpc) is 3.22. The fourth-order valence-corrected chi connectivity index (χ4v) is 5.06. The number of halogens is 3. The van der Waals surface area contributed by atoms with E-state index in [1.54, 1.807) is 13.2 Å². The van der Waals surface area contributed by atoms with Crippen molar-refractivity contribution in [1.29, 1.82) is 0 Å². The minimum absolute atomic E-state index is 0.184. The van der Waals surface area contributed by atoms with Crippen LogP contribution in [0.3, 0.4) is 0 Å². The van der Waals surface area contributed by atoms with Crippen LogP contribution < -0.4 is 4.74 Å². The lowest BCUT2D eigenvalue weighted by Gasteiger charge is -2.25. The van der Waals surface area contributed by atoms with Crippen molar-refractivity contribution in [3.63, 3.8) is 0 Å². The average molecular weight is 448 g/mol. The van der Waals surface area contributed by atoms with Crippen LogP contribution in [0.1, 0.15) is 49.3 Å². The maximum absolute atomic E-state index is 13.4. The van der Waals surface area contributed by atoms with Crippen molar-refractivity contribution >= 4 is 11.8 Å². The van der Waals surface area contributed by atoms with Crippen LogP contribution in [0.15, 0.2) is 53.7 Å². The third kappa shape index (κ3) is 4.89. The molecule has 8 heteroatoms. The summed E-state index contributed by atoms with van der Waals surface area (Å²) >= 11 is 1.31. The second kappa shape index (κ2) is 9.34. The van der Waals surface area contributed by atoms with Crippen LogP contribution in [-0.2, 0) is 11.9 Å². The molecular weight excluding hydrogens is 423 g/mol. The number of alkyl halides is 3. The first-order chi connectivity index (χ1) is 15.0. The highest BCUT2D eigenvalue weighted by atomic mass is 32.2. The van der Waals surface area contributed by atoms with E-state index in [0.717, 1.165) is 48.9 Å². The molecule has 1 aromatic heterocycles. The Hall–Kier alpha value is -2.48. The first kappa shape index (κ1) is 21.7. The van der Waals surface area contributed by atoms with Gasteiger partial charge in [-0.05, 0) is 48.7 Å². The Morgan fingerprint density at radius 3 is 2.39 bits per heavy atom. The SMILES string of the molecule is COc1ccc(-c2nnc(SCc3ccccc3C(F)(F)F)n2C2CCCCC2)cc1. The smallest absolute Gasteiger partial charge is 0.416 e. The molecule has 0 bridgehead atoms. The number of methoxy groups -OCH3 is 1. The van der Waals surface area contributed by atoms with Crippen molar-refractivity contribution in [2.45, 2.75) is 55.2 Å². The fraction of sp³-hybridized carbons (Fsp3) is 0.391. The van der Waals surface area contributed by atoms with Gasteiger partial charge >= 0.3 is 6.18 Å². The van der Waals surface area contributed by atoms with E-state index in [-0.39, 0.29) is 17.4 Å². The summed E-state index contributed by atoms with van der Waals surface area (Å²) in [7, 11) is 1.62. The molecule has 1 saturated carbocycles. The maximum Gasteiger partial charge on any atom is 0.416 e. The van der Waals surface area contributed by atoms with Gasteiger partial charge in [-0.1, -0.05) is 49.2 Å². The van der Waals surface area contributed by atoms with Gasteiger partial charge in [0.05, 0.1) is 12.7 Å². The molecule has 4 nitrogen and oxygen atoms in total. The van der Waals surface area contributed by atoms with Gasteiger partial charge in [0, 0.05) is 17.4 Å². The predicted octanol–water partition coefficient (Wildman–Crippen LogP) is 6.77. The third-order valence-electron chi connectivity index (χ3n) is 5.63. The molecule has 3 aromatic rings. The van der Waals surface area contributed by atoms with E-state index >= 15 is 0 Å². The Morgan fingerprint density at radius 1 is 1.00 bits per heavy atom. The number of ether oxygens (including phenoxy) is 1. The van der Waals surface area contributed by atoms with Crippen LogP contribution in [0.5, 0.6) is 5.75 Å². The summed E-state index contributed by atoms with van der Waals surface area (Å²) in [6.45, 7) is 0. The highest BCUT2D eigenvalue weighted by molar-refractivity contribution is 7.98. The lowest BCUT2D eigenvalue weighted by Crippen LogP contribution is -2.15. The molecule has 1 fully saturated rings. The van der Waals surface area contributed by atoms with Crippen LogP contribution in [0.4, 0.5) is 13.2 Å². The van der Waals surface area contributed by atoms with Crippen LogP contribution in [0, 0.1) is 0 Å². The Morgan fingerprint density at radius 2 is 1.71 bits per heavy atom. The van der Waals surface area contributed by atoms with Gasteiger partial charge in [-0.3, -0.25) is 4.57 Å². The molecule has 0 spiro atoms. The molecule has 0 atom stereocenters. The molecular formula is C23H24F3N3OS. The summed E-state index contributed by atoms with van der Waals surface area (Å²) in [5, 5.41) is 9.47. The highest BCUT2D eigenvalue weighted by Crippen LogP contribution is 2.38. The fourth-order valence-electron chi connectivity index (χ4n) is 4.05. The van der Waals surface area contributed by atoms with Gasteiger partial charge in [-0.15, -0.1) is 10.2 Å². The van der Waals surface area contributed by atoms with Gasteiger partial charge in [0.25, 0.3) is 0 Å². The lowest BCUT2D eigenvalue weighted by molar-refractivity contribution is -0.138. The van der Waals surface area contributed by atoms with Gasteiger partial charge in [0.1, 0.15) is 5.75 Å². The zero-order chi connectivity index (χ0) is 21.8. The Bertz CT molecular complexity index is 1010. The molecule has 0 aliphatic heterocycles. The van der Waals surface area contributed by atoms with E-state index in [2.05, 4.69) is 14.8 Å². The molecule has 0 radical (unpaired) electrons. The van der Waals surface area contributed by atoms with E-state index in [1.807, 2.05) is 24.3 Å². The van der Waals surface area contributed by atoms with Gasteiger partial charge in [0.2, 0.25) is 0 Å². The first-order valence-corrected chi connectivity index (χ1v) is 11.3. The Kier molecular flexibility index (Phi) is 6.55. The van der Waals surface area contributed by atoms with E-state index in [4.69, 9.17) is 4.74 Å². The van der Waals surface area contributed by atoms with E-state index in [9.17, 15) is 13.2 Å². The zero-order valence-electron chi connectivity index (χ0n) is 17.2. The number of hydrogen-bond acceptors (Lipinski definition) is 4. The van der Waals surface area contributed by atoms with Crippen LogP contribution in [0.25, 0.3) is 11.4 Å². The second-order valence-electron chi connectivity index (χ2n) is 7.64. The lowest BCUT2D eigenvalue weighted by atomic mass is 9.95. The number of aromatic nitrogens is 3. The quantitative estimate of drug-likeness (QED) is 0.391. The van der Waals surface area contributed by atoms with Gasteiger partial charge < -0.3 is 4.74 Å². The zero-order valence-corrected chi connectivity index (χ0v) is 18.0. The van der Waals surface area contributed by atoms with Crippen LogP contribution in [0.2, 0.25) is 0 Å². The Balaban J connectivity index is 1.65. The van der Waals surface area contributed by atoms with Crippen molar-refractivity contribution in [3.8, 4) is 17.1 Å². The van der Waals surface area contributed by atoms with Crippen molar-refractivity contribution in [2.75, 3.05) is 7.11 Å². The molecule has 0 amide bonds. The summed E-state index contributed by atoms with van der Waals surface area (Å²) < 4.78 is 47.5. The minimum atomic E-state index is -4.37. The topological polar surface area (TPSA) is 39.9 Å². The van der Waals surface area contributed by atoms with Gasteiger partial charge in [-0.2, -0.15) is 13.2 Å². The van der Waals surface area contributed by atoms with Crippen molar-refractivity contribution in [3.05, 3.63) is 59.7 Å². The van der Waals surface area contributed by atoms with Crippen LogP contribution >= 0.6 is 11.8 Å². The predicted molar refractivity (Wildman–Crippen MR) is 115 cm³/mol.